The molecule has 0 aromatic carbocycles. The lowest BCUT2D eigenvalue weighted by atomic mass is 10.4. The summed E-state index contributed by atoms with van der Waals surface area (Å²) >= 11 is 3.12. The number of H-pyrrole nitrogens is 1. The second-order valence-electron chi connectivity index (χ2n) is 1.80. The molecule has 0 fully saturated rings. The number of alkyl halides is 1. The molecule has 0 bridgehead atoms. The van der Waals surface area contributed by atoms with Crippen molar-refractivity contribution in [1.82, 2.24) is 4.98 Å². The molecule has 10 heavy (non-hydrogen) atoms. The first kappa shape index (κ1) is 7.47. The molecule has 0 radical (unpaired) electrons. The molecule has 1 aromatic heterocycles. The summed E-state index contributed by atoms with van der Waals surface area (Å²) in [6, 6.07) is 1.23. The average molecular weight is 206 g/mol. The van der Waals surface area contributed by atoms with Gasteiger partial charge >= 0.3 is 0 Å². The summed E-state index contributed by atoms with van der Waals surface area (Å²) in [5, 5.41) is 0.530. The van der Waals surface area contributed by atoms with E-state index in [1.54, 1.807) is 0 Å². The van der Waals surface area contributed by atoms with Crippen molar-refractivity contribution in [2.24, 2.45) is 0 Å². The van der Waals surface area contributed by atoms with E-state index in [2.05, 4.69) is 20.9 Å². The van der Waals surface area contributed by atoms with Gasteiger partial charge in [-0.25, -0.2) is 4.39 Å². The van der Waals surface area contributed by atoms with Crippen LogP contribution in [-0.2, 0) is 5.33 Å². The van der Waals surface area contributed by atoms with Gasteiger partial charge in [0.2, 0.25) is 5.43 Å². The first-order valence-electron chi connectivity index (χ1n) is 2.67. The maximum atomic E-state index is 12.3. The summed E-state index contributed by atoms with van der Waals surface area (Å²) in [6.45, 7) is 0. The highest BCUT2D eigenvalue weighted by atomic mass is 79.9. The van der Waals surface area contributed by atoms with Crippen molar-refractivity contribution in [3.8, 4) is 0 Å². The molecule has 4 heteroatoms. The Morgan fingerprint density at radius 2 is 2.40 bits per heavy atom. The van der Waals surface area contributed by atoms with Crippen molar-refractivity contribution in [1.29, 1.82) is 0 Å². The van der Waals surface area contributed by atoms with Crippen LogP contribution in [0, 0.1) is 5.82 Å². The largest absolute Gasteiger partial charge is 0.362 e. The zero-order chi connectivity index (χ0) is 7.56. The third-order valence-electron chi connectivity index (χ3n) is 1.07. The van der Waals surface area contributed by atoms with Crippen molar-refractivity contribution >= 4 is 15.9 Å². The van der Waals surface area contributed by atoms with Gasteiger partial charge in [-0.2, -0.15) is 0 Å². The monoisotopic (exact) mass is 205 g/mol. The van der Waals surface area contributed by atoms with Crippen LogP contribution in [-0.4, -0.2) is 4.98 Å². The Hall–Kier alpha value is -0.640. The van der Waals surface area contributed by atoms with E-state index in [1.807, 2.05) is 0 Å². The number of aromatic amines is 1. The number of nitrogens with one attached hydrogen (secondary N) is 1. The van der Waals surface area contributed by atoms with E-state index >= 15 is 0 Å². The van der Waals surface area contributed by atoms with Crippen molar-refractivity contribution in [2.75, 3.05) is 0 Å². The maximum absolute atomic E-state index is 12.3. The summed E-state index contributed by atoms with van der Waals surface area (Å²) in [4.78, 5) is 13.2. The lowest BCUT2D eigenvalue weighted by molar-refractivity contribution is 0.609. The van der Waals surface area contributed by atoms with Crippen LogP contribution < -0.4 is 5.43 Å². The first-order chi connectivity index (χ1) is 4.74. The Kier molecular flexibility index (Phi) is 2.21. The van der Waals surface area contributed by atoms with Crippen LogP contribution in [0.2, 0.25) is 0 Å². The number of aromatic nitrogens is 1. The van der Waals surface area contributed by atoms with Crippen LogP contribution in [0.3, 0.4) is 0 Å². The van der Waals surface area contributed by atoms with E-state index in [9.17, 15) is 9.18 Å². The van der Waals surface area contributed by atoms with Gasteiger partial charge in [-0.05, 0) is 0 Å². The Balaban J connectivity index is 3.17. The first-order valence-corrected chi connectivity index (χ1v) is 3.79. The Labute approximate surface area is 65.2 Å². The molecule has 0 saturated heterocycles. The zero-order valence-corrected chi connectivity index (χ0v) is 6.61. The lowest BCUT2D eigenvalue weighted by Gasteiger charge is -1.92. The van der Waals surface area contributed by atoms with Gasteiger partial charge in [0, 0.05) is 23.3 Å². The summed E-state index contributed by atoms with van der Waals surface area (Å²) in [5.74, 6) is -0.746. The van der Waals surface area contributed by atoms with Crippen molar-refractivity contribution < 1.29 is 4.39 Å². The summed E-state index contributed by atoms with van der Waals surface area (Å²) < 4.78 is 12.3. The molecular formula is C6H5BrFNO. The number of rotatable bonds is 1. The average Bonchev–Trinajstić information content (AvgIpc) is 1.95. The molecule has 1 N–H and O–H groups in total. The fraction of sp³-hybridized carbons (Fsp3) is 0.167. The molecule has 0 spiro atoms. The number of hydrogen-bond donors (Lipinski definition) is 1. The van der Waals surface area contributed by atoms with Crippen LogP contribution in [0.15, 0.2) is 17.1 Å². The van der Waals surface area contributed by atoms with E-state index in [-0.39, 0.29) is 0 Å². The predicted molar refractivity (Wildman–Crippen MR) is 39.7 cm³/mol. The van der Waals surface area contributed by atoms with Crippen molar-refractivity contribution in [3.63, 3.8) is 0 Å². The fourth-order valence-electron chi connectivity index (χ4n) is 0.573. The van der Waals surface area contributed by atoms with Crippen LogP contribution >= 0.6 is 15.9 Å². The van der Waals surface area contributed by atoms with Gasteiger partial charge in [-0.1, -0.05) is 15.9 Å². The molecule has 0 aliphatic carbocycles. The van der Waals surface area contributed by atoms with Gasteiger partial charge in [0.15, 0.2) is 5.82 Å². The van der Waals surface area contributed by atoms with Crippen molar-refractivity contribution in [2.45, 2.75) is 5.33 Å². The van der Waals surface area contributed by atoms with E-state index in [0.717, 1.165) is 6.20 Å². The minimum absolute atomic E-state index is 0.530. The minimum atomic E-state index is -0.746. The second-order valence-corrected chi connectivity index (χ2v) is 2.36. The van der Waals surface area contributed by atoms with E-state index in [1.165, 1.54) is 6.07 Å². The van der Waals surface area contributed by atoms with E-state index in [4.69, 9.17) is 0 Å². The summed E-state index contributed by atoms with van der Waals surface area (Å²) in [7, 11) is 0. The van der Waals surface area contributed by atoms with Crippen LogP contribution in [0.1, 0.15) is 5.69 Å². The molecular weight excluding hydrogens is 201 g/mol. The van der Waals surface area contributed by atoms with Crippen LogP contribution in [0.5, 0.6) is 0 Å². The second kappa shape index (κ2) is 2.96. The predicted octanol–water partition coefficient (Wildman–Crippen LogP) is 1.41. The third-order valence-corrected chi connectivity index (χ3v) is 1.67. The number of pyridine rings is 1. The zero-order valence-electron chi connectivity index (χ0n) is 5.03. The molecule has 0 unspecified atom stereocenters. The molecule has 0 aliphatic heterocycles. The Morgan fingerprint density at radius 3 is 2.90 bits per heavy atom. The van der Waals surface area contributed by atoms with Gasteiger partial charge in [-0.3, -0.25) is 4.79 Å². The highest BCUT2D eigenvalue weighted by Crippen LogP contribution is 1.97. The van der Waals surface area contributed by atoms with Gasteiger partial charge in [0.25, 0.3) is 0 Å². The molecule has 1 heterocycles. The Bertz CT molecular complexity index is 283. The molecule has 54 valence electrons. The SMILES string of the molecule is O=c1cc(CBr)[nH]cc1F. The molecule has 1 rings (SSSR count). The normalized spacial score (nSPS) is 9.80. The molecule has 2 nitrogen and oxygen atoms in total. The highest BCUT2D eigenvalue weighted by molar-refractivity contribution is 9.08. The third kappa shape index (κ3) is 1.44. The molecule has 0 amide bonds. The van der Waals surface area contributed by atoms with Gasteiger partial charge in [0.1, 0.15) is 0 Å². The van der Waals surface area contributed by atoms with Crippen LogP contribution in [0.25, 0.3) is 0 Å². The topological polar surface area (TPSA) is 32.9 Å². The molecule has 1 aromatic rings. The summed E-state index contributed by atoms with van der Waals surface area (Å²) in [6.07, 6.45) is 1.05. The van der Waals surface area contributed by atoms with Gasteiger partial charge < -0.3 is 4.98 Å². The lowest BCUT2D eigenvalue weighted by Crippen LogP contribution is -2.06. The quantitative estimate of drug-likeness (QED) is 0.692. The molecule has 0 saturated carbocycles. The minimum Gasteiger partial charge on any atom is -0.362 e. The van der Waals surface area contributed by atoms with Gasteiger partial charge in [-0.15, -0.1) is 0 Å². The van der Waals surface area contributed by atoms with Gasteiger partial charge in [0.05, 0.1) is 0 Å². The number of halogens is 2. The molecule has 0 atom stereocenters. The fourth-order valence-corrected chi connectivity index (χ4v) is 0.897. The van der Waals surface area contributed by atoms with E-state index in [0.29, 0.717) is 11.0 Å². The molecule has 0 aliphatic rings. The Morgan fingerprint density at radius 1 is 1.70 bits per heavy atom. The van der Waals surface area contributed by atoms with E-state index < -0.39 is 11.2 Å². The smallest absolute Gasteiger partial charge is 0.217 e. The standard InChI is InChI=1S/C6H5BrFNO/c7-2-4-1-6(10)5(8)3-9-4/h1,3H,2H2,(H,9,10). The highest BCUT2D eigenvalue weighted by Gasteiger charge is 1.96. The van der Waals surface area contributed by atoms with Crippen molar-refractivity contribution in [3.05, 3.63) is 34.0 Å². The maximum Gasteiger partial charge on any atom is 0.217 e. The summed E-state index contributed by atoms with van der Waals surface area (Å²) in [5.41, 5.74) is 0.0969. The number of hydrogen-bond acceptors (Lipinski definition) is 1. The van der Waals surface area contributed by atoms with Crippen LogP contribution in [0.4, 0.5) is 4.39 Å².